The van der Waals surface area contributed by atoms with Crippen LogP contribution in [0.1, 0.15) is 16.1 Å². The van der Waals surface area contributed by atoms with Crippen molar-refractivity contribution in [3.05, 3.63) is 70.1 Å². The van der Waals surface area contributed by atoms with Gasteiger partial charge in [-0.25, -0.2) is 9.89 Å². The van der Waals surface area contributed by atoms with E-state index in [0.717, 1.165) is 23.9 Å². The molecule has 0 saturated carbocycles. The van der Waals surface area contributed by atoms with Crippen LogP contribution in [-0.2, 0) is 10.9 Å². The Morgan fingerprint density at radius 2 is 1.85 bits per heavy atom. The van der Waals surface area contributed by atoms with Crippen molar-refractivity contribution in [2.45, 2.75) is 11.1 Å². The molecule has 0 bridgehead atoms. The molecule has 0 atom stereocenters. The number of carbonyl (C=O) groups excluding carboxylic acids is 1. The van der Waals surface area contributed by atoms with E-state index in [0.29, 0.717) is 15.7 Å². The highest BCUT2D eigenvalue weighted by atomic mass is 32.2. The van der Waals surface area contributed by atoms with Crippen molar-refractivity contribution in [3.8, 4) is 0 Å². The SMILES string of the molecule is O=C(OCCSc1cccc(C(F)(F)F)c1)c1n[nH]c(=O)c2ccccc12. The first-order valence-corrected chi connectivity index (χ1v) is 8.79. The molecule has 0 saturated heterocycles. The molecule has 1 heterocycles. The molecular weight excluding hydrogens is 381 g/mol. The standard InChI is InChI=1S/C18H13F3N2O3S/c19-18(20,21)11-4-3-5-12(10-11)27-9-8-26-17(25)15-13-6-1-2-7-14(13)16(24)23-22-15/h1-7,10H,8-9H2,(H,23,24). The van der Waals surface area contributed by atoms with E-state index in [-0.39, 0.29) is 18.1 Å². The van der Waals surface area contributed by atoms with E-state index in [1.165, 1.54) is 6.07 Å². The van der Waals surface area contributed by atoms with E-state index in [4.69, 9.17) is 4.74 Å². The first-order valence-electron chi connectivity index (χ1n) is 7.81. The van der Waals surface area contributed by atoms with Gasteiger partial charge in [-0.2, -0.15) is 18.3 Å². The summed E-state index contributed by atoms with van der Waals surface area (Å²) < 4.78 is 43.2. The summed E-state index contributed by atoms with van der Waals surface area (Å²) in [5.41, 5.74) is -1.16. The van der Waals surface area contributed by atoms with Crippen LogP contribution in [0.5, 0.6) is 0 Å². The minimum Gasteiger partial charge on any atom is -0.460 e. The molecule has 0 aliphatic rings. The quantitative estimate of drug-likeness (QED) is 0.404. The van der Waals surface area contributed by atoms with Gasteiger partial charge in [0.05, 0.1) is 10.9 Å². The van der Waals surface area contributed by atoms with Crippen LogP contribution in [0.2, 0.25) is 0 Å². The predicted molar refractivity (Wildman–Crippen MR) is 94.8 cm³/mol. The largest absolute Gasteiger partial charge is 0.460 e. The number of benzene rings is 2. The van der Waals surface area contributed by atoms with Gasteiger partial charge in [-0.15, -0.1) is 11.8 Å². The van der Waals surface area contributed by atoms with E-state index in [9.17, 15) is 22.8 Å². The molecule has 2 aromatic carbocycles. The van der Waals surface area contributed by atoms with E-state index in [1.807, 2.05) is 0 Å². The summed E-state index contributed by atoms with van der Waals surface area (Å²) in [5.74, 6) is -0.443. The molecule has 1 aromatic heterocycles. The number of halogens is 3. The summed E-state index contributed by atoms with van der Waals surface area (Å²) in [6.07, 6.45) is -4.40. The molecule has 0 fully saturated rings. The highest BCUT2D eigenvalue weighted by Gasteiger charge is 2.30. The summed E-state index contributed by atoms with van der Waals surface area (Å²) in [5, 5.41) is 6.67. The van der Waals surface area contributed by atoms with Crippen molar-refractivity contribution >= 4 is 28.5 Å². The van der Waals surface area contributed by atoms with Crippen LogP contribution in [0, 0.1) is 0 Å². The second-order valence-electron chi connectivity index (χ2n) is 5.46. The third kappa shape index (κ3) is 4.48. The molecule has 0 unspecified atom stereocenters. The number of H-pyrrole nitrogens is 1. The second kappa shape index (κ2) is 7.83. The molecule has 0 amide bonds. The molecule has 27 heavy (non-hydrogen) atoms. The number of rotatable bonds is 5. The lowest BCUT2D eigenvalue weighted by Gasteiger charge is -2.09. The highest BCUT2D eigenvalue weighted by molar-refractivity contribution is 7.99. The zero-order valence-electron chi connectivity index (χ0n) is 13.7. The average molecular weight is 394 g/mol. The summed E-state index contributed by atoms with van der Waals surface area (Å²) in [6, 6.07) is 11.4. The van der Waals surface area contributed by atoms with Crippen LogP contribution in [0.25, 0.3) is 10.8 Å². The van der Waals surface area contributed by atoms with Crippen molar-refractivity contribution < 1.29 is 22.7 Å². The number of aromatic nitrogens is 2. The van der Waals surface area contributed by atoms with Gasteiger partial charge >= 0.3 is 12.1 Å². The van der Waals surface area contributed by atoms with Gasteiger partial charge in [0.15, 0.2) is 5.69 Å². The summed E-state index contributed by atoms with van der Waals surface area (Å²) in [7, 11) is 0. The van der Waals surface area contributed by atoms with Crippen molar-refractivity contribution in [2.75, 3.05) is 12.4 Å². The Morgan fingerprint density at radius 1 is 1.11 bits per heavy atom. The number of nitrogens with zero attached hydrogens (tertiary/aromatic N) is 1. The van der Waals surface area contributed by atoms with Gasteiger partial charge in [0.2, 0.25) is 0 Å². The molecule has 3 rings (SSSR count). The number of carbonyl (C=O) groups is 1. The first kappa shape index (κ1) is 19.0. The monoisotopic (exact) mass is 394 g/mol. The number of hydrogen-bond donors (Lipinski definition) is 1. The normalized spacial score (nSPS) is 11.5. The Bertz CT molecular complexity index is 1030. The number of esters is 1. The van der Waals surface area contributed by atoms with Crippen molar-refractivity contribution in [1.82, 2.24) is 10.2 Å². The van der Waals surface area contributed by atoms with Gasteiger partial charge in [0.25, 0.3) is 5.56 Å². The lowest BCUT2D eigenvalue weighted by Crippen LogP contribution is -2.16. The lowest BCUT2D eigenvalue weighted by atomic mass is 10.1. The van der Waals surface area contributed by atoms with Crippen molar-refractivity contribution in [3.63, 3.8) is 0 Å². The second-order valence-corrected chi connectivity index (χ2v) is 6.63. The Balaban J connectivity index is 1.61. The summed E-state index contributed by atoms with van der Waals surface area (Å²) in [6.45, 7) is -0.0190. The van der Waals surface area contributed by atoms with Gasteiger partial charge in [-0.05, 0) is 24.3 Å². The minimum atomic E-state index is -4.40. The third-order valence-corrected chi connectivity index (χ3v) is 4.59. The van der Waals surface area contributed by atoms with E-state index in [2.05, 4.69) is 10.2 Å². The fourth-order valence-electron chi connectivity index (χ4n) is 2.39. The fraction of sp³-hybridized carbons (Fsp3) is 0.167. The zero-order valence-corrected chi connectivity index (χ0v) is 14.6. The van der Waals surface area contributed by atoms with Gasteiger partial charge < -0.3 is 4.74 Å². The molecule has 140 valence electrons. The van der Waals surface area contributed by atoms with Gasteiger partial charge in [-0.1, -0.05) is 24.3 Å². The number of aromatic amines is 1. The third-order valence-electron chi connectivity index (χ3n) is 3.64. The van der Waals surface area contributed by atoms with Crippen molar-refractivity contribution in [1.29, 1.82) is 0 Å². The number of ether oxygens (including phenoxy) is 1. The molecule has 3 aromatic rings. The Morgan fingerprint density at radius 3 is 2.59 bits per heavy atom. The van der Waals surface area contributed by atoms with E-state index < -0.39 is 23.3 Å². The molecular formula is C18H13F3N2O3S. The topological polar surface area (TPSA) is 72.0 Å². The Kier molecular flexibility index (Phi) is 5.50. The van der Waals surface area contributed by atoms with Crippen LogP contribution in [0.4, 0.5) is 13.2 Å². The molecule has 0 aliphatic heterocycles. The minimum absolute atomic E-state index is 0.0190. The molecule has 0 radical (unpaired) electrons. The predicted octanol–water partition coefficient (Wildman–Crippen LogP) is 3.89. The molecule has 5 nitrogen and oxygen atoms in total. The molecule has 0 aliphatic carbocycles. The van der Waals surface area contributed by atoms with Crippen LogP contribution in [0.3, 0.4) is 0 Å². The van der Waals surface area contributed by atoms with Gasteiger partial charge in [0, 0.05) is 16.0 Å². The van der Waals surface area contributed by atoms with Crippen LogP contribution >= 0.6 is 11.8 Å². The van der Waals surface area contributed by atoms with Gasteiger partial charge in [0.1, 0.15) is 6.61 Å². The molecule has 0 spiro atoms. The number of fused-ring (bicyclic) bond motifs is 1. The first-order chi connectivity index (χ1) is 12.9. The lowest BCUT2D eigenvalue weighted by molar-refractivity contribution is -0.137. The van der Waals surface area contributed by atoms with Crippen LogP contribution in [0.15, 0.2) is 58.2 Å². The molecule has 1 N–H and O–H groups in total. The Hall–Kier alpha value is -2.81. The van der Waals surface area contributed by atoms with Crippen LogP contribution in [-0.4, -0.2) is 28.5 Å². The number of hydrogen-bond acceptors (Lipinski definition) is 5. The summed E-state index contributed by atoms with van der Waals surface area (Å²) >= 11 is 1.14. The maximum Gasteiger partial charge on any atom is 0.416 e. The smallest absolute Gasteiger partial charge is 0.416 e. The van der Waals surface area contributed by atoms with Crippen LogP contribution < -0.4 is 5.56 Å². The maximum absolute atomic E-state index is 12.7. The average Bonchev–Trinajstić information content (AvgIpc) is 2.65. The zero-order chi connectivity index (χ0) is 19.4. The van der Waals surface area contributed by atoms with Gasteiger partial charge in [-0.3, -0.25) is 4.79 Å². The maximum atomic E-state index is 12.7. The molecule has 9 heteroatoms. The highest BCUT2D eigenvalue weighted by Crippen LogP contribution is 2.31. The van der Waals surface area contributed by atoms with Crippen molar-refractivity contribution in [2.24, 2.45) is 0 Å². The number of alkyl halides is 3. The fourth-order valence-corrected chi connectivity index (χ4v) is 3.18. The Labute approximate surface area is 155 Å². The number of nitrogens with one attached hydrogen (secondary N) is 1. The van der Waals surface area contributed by atoms with E-state index >= 15 is 0 Å². The number of thioether (sulfide) groups is 1. The summed E-state index contributed by atoms with van der Waals surface area (Å²) in [4.78, 5) is 24.3. The van der Waals surface area contributed by atoms with E-state index in [1.54, 1.807) is 30.3 Å².